The number of amides is 2. The Labute approximate surface area is 182 Å². The molecule has 166 valence electrons. The molecular weight excluding hydrogens is 410 g/mol. The Morgan fingerprint density at radius 1 is 1.20 bits per heavy atom. The Morgan fingerprint density at radius 3 is 2.47 bits per heavy atom. The number of carbonyl (C=O) groups is 1. The summed E-state index contributed by atoms with van der Waals surface area (Å²) < 4.78 is 5.44. The van der Waals surface area contributed by atoms with Crippen LogP contribution in [0.5, 0.6) is 0 Å². The van der Waals surface area contributed by atoms with Crippen LogP contribution in [0.1, 0.15) is 13.8 Å². The first kappa shape index (κ1) is 22.6. The van der Waals surface area contributed by atoms with Crippen LogP contribution >= 0.6 is 11.6 Å². The number of nitrogens with zero attached hydrogens (tertiary/aromatic N) is 4. The summed E-state index contributed by atoms with van der Waals surface area (Å²) in [6.07, 6.45) is 0. The van der Waals surface area contributed by atoms with Gasteiger partial charge in [-0.1, -0.05) is 25.4 Å². The standard InChI is InChI=1S/C20H30ClN5O4/c1-15(2)19(24-9-11-30-12-10-24)14-22-20(27)25-7-5-23(6-8-25)17-4-3-16(21)13-18(17)26(28)29/h3-4,13,15,19H,5-12,14H2,1-2H3,(H,22,27). The van der Waals surface area contributed by atoms with Gasteiger partial charge in [0.25, 0.3) is 5.69 Å². The summed E-state index contributed by atoms with van der Waals surface area (Å²) in [4.78, 5) is 29.7. The Kier molecular flexibility index (Phi) is 7.74. The van der Waals surface area contributed by atoms with Gasteiger partial charge in [0.1, 0.15) is 5.69 Å². The molecule has 0 aliphatic carbocycles. The van der Waals surface area contributed by atoms with Crippen molar-refractivity contribution in [1.82, 2.24) is 15.1 Å². The highest BCUT2D eigenvalue weighted by Crippen LogP contribution is 2.31. The number of nitro groups is 1. The van der Waals surface area contributed by atoms with Gasteiger partial charge in [0.2, 0.25) is 0 Å². The smallest absolute Gasteiger partial charge is 0.317 e. The summed E-state index contributed by atoms with van der Waals surface area (Å²) >= 11 is 5.91. The number of hydrogen-bond donors (Lipinski definition) is 1. The second-order valence-electron chi connectivity index (χ2n) is 8.01. The third-order valence-electron chi connectivity index (χ3n) is 5.79. The fraction of sp³-hybridized carbons (Fsp3) is 0.650. The van der Waals surface area contributed by atoms with Gasteiger partial charge in [-0.05, 0) is 18.1 Å². The van der Waals surface area contributed by atoms with E-state index in [1.54, 1.807) is 17.0 Å². The van der Waals surface area contributed by atoms with E-state index in [-0.39, 0.29) is 17.8 Å². The lowest BCUT2D eigenvalue weighted by Crippen LogP contribution is -2.55. The van der Waals surface area contributed by atoms with E-state index in [2.05, 4.69) is 24.1 Å². The second-order valence-corrected chi connectivity index (χ2v) is 8.45. The number of carbonyl (C=O) groups excluding carboxylic acids is 1. The number of hydrogen-bond acceptors (Lipinski definition) is 6. The van der Waals surface area contributed by atoms with Gasteiger partial charge < -0.3 is 19.9 Å². The van der Waals surface area contributed by atoms with Crippen LogP contribution in [0.25, 0.3) is 0 Å². The lowest BCUT2D eigenvalue weighted by molar-refractivity contribution is -0.384. The zero-order valence-corrected chi connectivity index (χ0v) is 18.3. The van der Waals surface area contributed by atoms with Crippen LogP contribution in [0.4, 0.5) is 16.2 Å². The fourth-order valence-electron chi connectivity index (χ4n) is 4.06. The predicted octanol–water partition coefficient (Wildman–Crippen LogP) is 2.44. The Morgan fingerprint density at radius 2 is 1.87 bits per heavy atom. The maximum atomic E-state index is 12.7. The summed E-state index contributed by atoms with van der Waals surface area (Å²) in [6, 6.07) is 4.88. The number of anilines is 1. The maximum Gasteiger partial charge on any atom is 0.317 e. The monoisotopic (exact) mass is 439 g/mol. The van der Waals surface area contributed by atoms with Crippen molar-refractivity contribution in [2.45, 2.75) is 19.9 Å². The Hall–Kier alpha value is -2.10. The zero-order valence-electron chi connectivity index (χ0n) is 17.6. The highest BCUT2D eigenvalue weighted by atomic mass is 35.5. The van der Waals surface area contributed by atoms with Crippen LogP contribution < -0.4 is 10.2 Å². The van der Waals surface area contributed by atoms with E-state index in [9.17, 15) is 14.9 Å². The summed E-state index contributed by atoms with van der Waals surface area (Å²) in [6.45, 7) is 10.3. The van der Waals surface area contributed by atoms with E-state index < -0.39 is 4.92 Å². The number of ether oxygens (including phenoxy) is 1. The first-order valence-electron chi connectivity index (χ1n) is 10.4. The molecule has 0 spiro atoms. The van der Waals surface area contributed by atoms with Crippen molar-refractivity contribution in [2.75, 3.05) is 63.9 Å². The van der Waals surface area contributed by atoms with Gasteiger partial charge in [0.15, 0.2) is 0 Å². The van der Waals surface area contributed by atoms with Crippen molar-refractivity contribution < 1.29 is 14.5 Å². The molecule has 3 rings (SSSR count). The first-order chi connectivity index (χ1) is 14.4. The number of benzene rings is 1. The van der Waals surface area contributed by atoms with Crippen molar-refractivity contribution in [3.63, 3.8) is 0 Å². The lowest BCUT2D eigenvalue weighted by atomic mass is 10.0. The minimum atomic E-state index is -0.419. The van der Waals surface area contributed by atoms with Crippen LogP contribution in [0, 0.1) is 16.0 Å². The van der Waals surface area contributed by atoms with Gasteiger partial charge in [-0.15, -0.1) is 0 Å². The van der Waals surface area contributed by atoms with E-state index in [0.29, 0.717) is 49.4 Å². The molecule has 1 aromatic rings. The van der Waals surface area contributed by atoms with Gasteiger partial charge in [0, 0.05) is 62.9 Å². The van der Waals surface area contributed by atoms with E-state index in [1.165, 1.54) is 6.07 Å². The summed E-state index contributed by atoms with van der Waals surface area (Å²) in [5, 5.41) is 14.8. The number of halogens is 1. The number of urea groups is 1. The SMILES string of the molecule is CC(C)C(CNC(=O)N1CCN(c2ccc(Cl)cc2[N+](=O)[O-])CC1)N1CCOCC1. The van der Waals surface area contributed by atoms with Crippen LogP contribution in [0.3, 0.4) is 0 Å². The molecule has 2 fully saturated rings. The summed E-state index contributed by atoms with van der Waals surface area (Å²) in [5.74, 6) is 0.422. The molecule has 0 aromatic heterocycles. The van der Waals surface area contributed by atoms with Crippen molar-refractivity contribution in [2.24, 2.45) is 5.92 Å². The minimum absolute atomic E-state index is 0.00862. The predicted molar refractivity (Wildman–Crippen MR) is 116 cm³/mol. The van der Waals surface area contributed by atoms with E-state index in [4.69, 9.17) is 16.3 Å². The van der Waals surface area contributed by atoms with Crippen LogP contribution in [-0.2, 0) is 4.74 Å². The molecule has 10 heteroatoms. The van der Waals surface area contributed by atoms with E-state index in [0.717, 1.165) is 26.3 Å². The number of nitro benzene ring substituents is 1. The average molecular weight is 440 g/mol. The number of nitrogens with one attached hydrogen (secondary N) is 1. The molecule has 0 saturated carbocycles. The third-order valence-corrected chi connectivity index (χ3v) is 6.02. The molecule has 2 heterocycles. The third kappa shape index (κ3) is 5.53. The van der Waals surface area contributed by atoms with Gasteiger partial charge >= 0.3 is 6.03 Å². The van der Waals surface area contributed by atoms with Crippen molar-refractivity contribution >= 4 is 29.0 Å². The first-order valence-corrected chi connectivity index (χ1v) is 10.8. The highest BCUT2D eigenvalue weighted by Gasteiger charge is 2.28. The van der Waals surface area contributed by atoms with Crippen molar-refractivity contribution in [3.05, 3.63) is 33.3 Å². The topological polar surface area (TPSA) is 91.2 Å². The lowest BCUT2D eigenvalue weighted by Gasteiger charge is -2.38. The fourth-order valence-corrected chi connectivity index (χ4v) is 4.23. The normalized spacial score (nSPS) is 19.1. The van der Waals surface area contributed by atoms with Crippen molar-refractivity contribution in [3.8, 4) is 0 Å². The summed E-state index contributed by atoms with van der Waals surface area (Å²) in [5.41, 5.74) is 0.530. The number of rotatable bonds is 6. The van der Waals surface area contributed by atoms with Gasteiger partial charge in [-0.3, -0.25) is 15.0 Å². The quantitative estimate of drug-likeness (QED) is 0.540. The molecule has 9 nitrogen and oxygen atoms in total. The molecule has 2 amide bonds. The molecule has 0 bridgehead atoms. The molecule has 2 aliphatic heterocycles. The van der Waals surface area contributed by atoms with Gasteiger partial charge in [-0.25, -0.2) is 4.79 Å². The van der Waals surface area contributed by atoms with Crippen molar-refractivity contribution in [1.29, 1.82) is 0 Å². The molecule has 30 heavy (non-hydrogen) atoms. The molecular formula is C20H30ClN5O4. The van der Waals surface area contributed by atoms with Gasteiger partial charge in [0.05, 0.1) is 18.1 Å². The maximum absolute atomic E-state index is 12.7. The second kappa shape index (κ2) is 10.3. The zero-order chi connectivity index (χ0) is 21.7. The molecule has 2 saturated heterocycles. The van der Waals surface area contributed by atoms with E-state index >= 15 is 0 Å². The molecule has 0 radical (unpaired) electrons. The largest absolute Gasteiger partial charge is 0.379 e. The van der Waals surface area contributed by atoms with Crippen LogP contribution in [0.15, 0.2) is 18.2 Å². The number of piperazine rings is 1. The Bertz CT molecular complexity index is 749. The summed E-state index contributed by atoms with van der Waals surface area (Å²) in [7, 11) is 0. The molecule has 1 N–H and O–H groups in total. The molecule has 1 atom stereocenters. The molecule has 2 aliphatic rings. The van der Waals surface area contributed by atoms with Gasteiger partial charge in [-0.2, -0.15) is 0 Å². The van der Waals surface area contributed by atoms with Crippen LogP contribution in [-0.4, -0.2) is 85.8 Å². The molecule has 1 unspecified atom stereocenters. The average Bonchev–Trinajstić information content (AvgIpc) is 2.74. The highest BCUT2D eigenvalue weighted by molar-refractivity contribution is 6.30. The van der Waals surface area contributed by atoms with Crippen LogP contribution in [0.2, 0.25) is 5.02 Å². The Balaban J connectivity index is 1.53. The number of morpholine rings is 1. The minimum Gasteiger partial charge on any atom is -0.379 e. The van der Waals surface area contributed by atoms with E-state index in [1.807, 2.05) is 4.90 Å². The molecule has 1 aromatic carbocycles.